The average Bonchev–Trinajstić information content (AvgIpc) is 3.29. The highest BCUT2D eigenvalue weighted by Crippen LogP contribution is 2.26. The second kappa shape index (κ2) is 9.86. The predicted molar refractivity (Wildman–Crippen MR) is 126 cm³/mol. The summed E-state index contributed by atoms with van der Waals surface area (Å²) in [5.41, 5.74) is 4.24. The molecule has 168 valence electrons. The monoisotopic (exact) mass is 444 g/mol. The Labute approximate surface area is 191 Å². The molecular formula is C25H24N4O4. The minimum atomic E-state index is -0.392. The van der Waals surface area contributed by atoms with Crippen molar-refractivity contribution < 1.29 is 18.7 Å². The van der Waals surface area contributed by atoms with Crippen LogP contribution in [0.1, 0.15) is 17.0 Å². The van der Waals surface area contributed by atoms with Crippen molar-refractivity contribution in [1.82, 2.24) is 10.2 Å². The van der Waals surface area contributed by atoms with Crippen LogP contribution in [0, 0.1) is 6.92 Å². The number of nitrogens with zero attached hydrogens (tertiary/aromatic N) is 2. The highest BCUT2D eigenvalue weighted by atomic mass is 16.5. The third-order valence-corrected chi connectivity index (χ3v) is 4.94. The van der Waals surface area contributed by atoms with Gasteiger partial charge in [-0.1, -0.05) is 29.8 Å². The fraction of sp³-hybridized carbons (Fsp3) is 0.160. The standard InChI is InChI=1S/C25H24N4O4/c1-16-4-6-17(7-5-16)12-23-28-29-24(33-23)18-8-10-19(11-9-18)26-25(30)27-20-13-21(31-2)15-22(14-20)32-3/h4-11,13-15H,12H2,1-3H3,(H2,26,27,30). The van der Waals surface area contributed by atoms with E-state index in [0.717, 1.165) is 11.1 Å². The molecule has 0 atom stereocenters. The van der Waals surface area contributed by atoms with Gasteiger partial charge in [-0.3, -0.25) is 0 Å². The number of nitrogens with one attached hydrogen (secondary N) is 2. The van der Waals surface area contributed by atoms with Gasteiger partial charge in [-0.15, -0.1) is 10.2 Å². The fourth-order valence-corrected chi connectivity index (χ4v) is 3.19. The van der Waals surface area contributed by atoms with E-state index in [1.807, 2.05) is 31.2 Å². The number of benzene rings is 3. The number of hydrogen-bond acceptors (Lipinski definition) is 6. The molecule has 1 aromatic heterocycles. The van der Waals surface area contributed by atoms with Crippen LogP contribution in [-0.2, 0) is 6.42 Å². The van der Waals surface area contributed by atoms with Gasteiger partial charge in [0.1, 0.15) is 11.5 Å². The van der Waals surface area contributed by atoms with Crippen LogP contribution >= 0.6 is 0 Å². The maximum absolute atomic E-state index is 12.4. The van der Waals surface area contributed by atoms with Crippen molar-refractivity contribution in [2.75, 3.05) is 24.9 Å². The summed E-state index contributed by atoms with van der Waals surface area (Å²) in [6, 6.07) is 20.1. The number of carbonyl (C=O) groups excluding carboxylic acids is 1. The number of aromatic nitrogens is 2. The van der Waals surface area contributed by atoms with E-state index in [9.17, 15) is 4.79 Å². The van der Waals surface area contributed by atoms with E-state index < -0.39 is 6.03 Å². The molecule has 8 heteroatoms. The SMILES string of the molecule is COc1cc(NC(=O)Nc2ccc(-c3nnc(Cc4ccc(C)cc4)o3)cc2)cc(OC)c1. The number of carbonyl (C=O) groups is 1. The topological polar surface area (TPSA) is 98.5 Å². The molecular weight excluding hydrogens is 420 g/mol. The van der Waals surface area contributed by atoms with Gasteiger partial charge in [0.25, 0.3) is 0 Å². The molecule has 0 saturated heterocycles. The first kappa shape index (κ1) is 21.9. The number of aryl methyl sites for hydroxylation is 1. The molecule has 0 aliphatic carbocycles. The van der Waals surface area contributed by atoms with Crippen molar-refractivity contribution in [3.63, 3.8) is 0 Å². The molecule has 4 rings (SSSR count). The van der Waals surface area contributed by atoms with Gasteiger partial charge in [-0.25, -0.2) is 4.79 Å². The highest BCUT2D eigenvalue weighted by Gasteiger charge is 2.11. The summed E-state index contributed by atoms with van der Waals surface area (Å²) >= 11 is 0. The summed E-state index contributed by atoms with van der Waals surface area (Å²) < 4.78 is 16.2. The number of hydrogen-bond donors (Lipinski definition) is 2. The van der Waals surface area contributed by atoms with Gasteiger partial charge in [0.15, 0.2) is 0 Å². The van der Waals surface area contributed by atoms with E-state index in [4.69, 9.17) is 13.9 Å². The highest BCUT2D eigenvalue weighted by molar-refractivity contribution is 6.00. The van der Waals surface area contributed by atoms with Crippen LogP contribution in [-0.4, -0.2) is 30.4 Å². The van der Waals surface area contributed by atoms with Crippen molar-refractivity contribution in [2.24, 2.45) is 0 Å². The summed E-state index contributed by atoms with van der Waals surface area (Å²) in [6.07, 6.45) is 0.572. The summed E-state index contributed by atoms with van der Waals surface area (Å²) in [6.45, 7) is 2.05. The first-order chi connectivity index (χ1) is 16.0. The number of methoxy groups -OCH3 is 2. The molecule has 0 spiro atoms. The Morgan fingerprint density at radius 1 is 0.848 bits per heavy atom. The fourth-order valence-electron chi connectivity index (χ4n) is 3.19. The van der Waals surface area contributed by atoms with Gasteiger partial charge in [0, 0.05) is 35.1 Å². The van der Waals surface area contributed by atoms with Crippen LogP contribution in [0.15, 0.2) is 71.1 Å². The van der Waals surface area contributed by atoms with E-state index in [2.05, 4.69) is 33.0 Å². The normalized spacial score (nSPS) is 10.5. The molecule has 0 bridgehead atoms. The Kier molecular flexibility index (Phi) is 6.54. The first-order valence-electron chi connectivity index (χ1n) is 10.3. The third kappa shape index (κ3) is 5.68. The lowest BCUT2D eigenvalue weighted by atomic mass is 10.1. The zero-order valence-electron chi connectivity index (χ0n) is 18.6. The van der Waals surface area contributed by atoms with Gasteiger partial charge < -0.3 is 24.5 Å². The van der Waals surface area contributed by atoms with Crippen LogP contribution < -0.4 is 20.1 Å². The minimum absolute atomic E-state index is 0.392. The number of ether oxygens (including phenoxy) is 2. The predicted octanol–water partition coefficient (Wildman–Crippen LogP) is 5.30. The van der Waals surface area contributed by atoms with Crippen molar-refractivity contribution in [3.05, 3.63) is 83.7 Å². The number of urea groups is 1. The Hall–Kier alpha value is -4.33. The Morgan fingerprint density at radius 3 is 2.12 bits per heavy atom. The van der Waals surface area contributed by atoms with Crippen LogP contribution in [0.5, 0.6) is 11.5 Å². The molecule has 2 amide bonds. The maximum Gasteiger partial charge on any atom is 0.323 e. The van der Waals surface area contributed by atoms with Crippen LogP contribution in [0.25, 0.3) is 11.5 Å². The molecule has 0 fully saturated rings. The summed E-state index contributed by atoms with van der Waals surface area (Å²) in [5, 5.41) is 13.8. The lowest BCUT2D eigenvalue weighted by molar-refractivity contribution is 0.262. The molecule has 0 unspecified atom stereocenters. The van der Waals surface area contributed by atoms with Gasteiger partial charge in [-0.2, -0.15) is 0 Å². The lowest BCUT2D eigenvalue weighted by Crippen LogP contribution is -2.19. The Morgan fingerprint density at radius 2 is 1.48 bits per heavy atom. The van der Waals surface area contributed by atoms with Crippen molar-refractivity contribution in [1.29, 1.82) is 0 Å². The van der Waals surface area contributed by atoms with E-state index >= 15 is 0 Å². The molecule has 0 radical (unpaired) electrons. The van der Waals surface area contributed by atoms with Gasteiger partial charge >= 0.3 is 6.03 Å². The van der Waals surface area contributed by atoms with Gasteiger partial charge in [-0.05, 0) is 36.8 Å². The number of anilines is 2. The summed E-state index contributed by atoms with van der Waals surface area (Å²) in [5.74, 6) is 2.13. The second-order valence-electron chi connectivity index (χ2n) is 7.42. The van der Waals surface area contributed by atoms with Gasteiger partial charge in [0.2, 0.25) is 11.8 Å². The number of amides is 2. The zero-order valence-corrected chi connectivity index (χ0v) is 18.6. The second-order valence-corrected chi connectivity index (χ2v) is 7.42. The van der Waals surface area contributed by atoms with Crippen LogP contribution in [0.2, 0.25) is 0 Å². The largest absolute Gasteiger partial charge is 0.497 e. The molecule has 0 aliphatic heterocycles. The van der Waals surface area contributed by atoms with Crippen LogP contribution in [0.4, 0.5) is 16.2 Å². The quantitative estimate of drug-likeness (QED) is 0.402. The van der Waals surface area contributed by atoms with Crippen molar-refractivity contribution >= 4 is 17.4 Å². The van der Waals surface area contributed by atoms with Gasteiger partial charge in [0.05, 0.1) is 20.6 Å². The zero-order chi connectivity index (χ0) is 23.2. The summed E-state index contributed by atoms with van der Waals surface area (Å²) in [4.78, 5) is 12.4. The molecule has 3 aromatic carbocycles. The van der Waals surface area contributed by atoms with Crippen LogP contribution in [0.3, 0.4) is 0 Å². The minimum Gasteiger partial charge on any atom is -0.497 e. The molecule has 8 nitrogen and oxygen atoms in total. The first-order valence-corrected chi connectivity index (χ1v) is 10.3. The van der Waals surface area contributed by atoms with E-state index in [1.54, 1.807) is 44.6 Å². The maximum atomic E-state index is 12.4. The van der Waals surface area contributed by atoms with Crippen molar-refractivity contribution in [2.45, 2.75) is 13.3 Å². The van der Waals surface area contributed by atoms with E-state index in [-0.39, 0.29) is 0 Å². The molecule has 2 N–H and O–H groups in total. The van der Waals surface area contributed by atoms with Crippen molar-refractivity contribution in [3.8, 4) is 23.0 Å². The Balaban J connectivity index is 1.38. The molecule has 1 heterocycles. The summed E-state index contributed by atoms with van der Waals surface area (Å²) in [7, 11) is 3.10. The Bertz CT molecular complexity index is 1210. The molecule has 0 saturated carbocycles. The van der Waals surface area contributed by atoms with E-state index in [1.165, 1.54) is 5.56 Å². The van der Waals surface area contributed by atoms with E-state index in [0.29, 0.717) is 41.1 Å². The lowest BCUT2D eigenvalue weighted by Gasteiger charge is -2.11. The molecule has 0 aliphatic rings. The molecule has 4 aromatic rings. The average molecular weight is 444 g/mol. The number of rotatable bonds is 7. The smallest absolute Gasteiger partial charge is 0.323 e. The molecule has 33 heavy (non-hydrogen) atoms. The third-order valence-electron chi connectivity index (χ3n) is 4.94.